The van der Waals surface area contributed by atoms with Crippen LogP contribution >= 0.6 is 34.4 Å². The van der Waals surface area contributed by atoms with Crippen molar-refractivity contribution in [3.8, 4) is 10.4 Å². The van der Waals surface area contributed by atoms with Gasteiger partial charge in [0.2, 0.25) is 5.91 Å². The molecule has 0 aliphatic rings. The molecule has 0 saturated carbocycles. The van der Waals surface area contributed by atoms with Gasteiger partial charge in [-0.3, -0.25) is 14.2 Å². The number of carbonyl (C=O) groups excluding carboxylic acids is 1. The van der Waals surface area contributed by atoms with E-state index in [9.17, 15) is 9.59 Å². The molecule has 8 heteroatoms. The SMILES string of the molecule is Cc1cccc(NC(=O)CSc2nc3scc(-c4cccs4)c3c(=O)n2C)c1C. The molecular formula is C21H19N3O2S3. The maximum atomic E-state index is 13.0. The van der Waals surface area contributed by atoms with E-state index >= 15 is 0 Å². The molecule has 0 spiro atoms. The number of nitrogens with one attached hydrogen (secondary N) is 1. The molecule has 5 nitrogen and oxygen atoms in total. The van der Waals surface area contributed by atoms with Crippen LogP contribution in [0.25, 0.3) is 20.7 Å². The number of aryl methyl sites for hydroxylation is 1. The molecular weight excluding hydrogens is 422 g/mol. The first kappa shape index (κ1) is 19.9. The minimum absolute atomic E-state index is 0.0860. The number of nitrogens with zero attached hydrogens (tertiary/aromatic N) is 2. The molecule has 4 aromatic rings. The lowest BCUT2D eigenvalue weighted by Crippen LogP contribution is -2.21. The number of hydrogen-bond acceptors (Lipinski definition) is 6. The first-order chi connectivity index (χ1) is 14.0. The number of anilines is 1. The van der Waals surface area contributed by atoms with Gasteiger partial charge in [-0.1, -0.05) is 30.0 Å². The number of benzene rings is 1. The molecule has 1 aromatic carbocycles. The van der Waals surface area contributed by atoms with Gasteiger partial charge in [0.15, 0.2) is 5.16 Å². The number of thiophene rings is 2. The molecule has 3 aromatic heterocycles. The molecule has 3 heterocycles. The van der Waals surface area contributed by atoms with Gasteiger partial charge in [0.05, 0.1) is 11.1 Å². The summed E-state index contributed by atoms with van der Waals surface area (Å²) in [4.78, 5) is 31.8. The second-order valence-electron chi connectivity index (χ2n) is 6.65. The van der Waals surface area contributed by atoms with Gasteiger partial charge in [-0.2, -0.15) is 0 Å². The molecule has 0 unspecified atom stereocenters. The van der Waals surface area contributed by atoms with Crippen LogP contribution in [0.15, 0.2) is 51.0 Å². The number of carbonyl (C=O) groups is 1. The summed E-state index contributed by atoms with van der Waals surface area (Å²) < 4.78 is 1.53. The van der Waals surface area contributed by atoms with Gasteiger partial charge >= 0.3 is 0 Å². The molecule has 29 heavy (non-hydrogen) atoms. The summed E-state index contributed by atoms with van der Waals surface area (Å²) in [6, 6.07) is 9.81. The maximum absolute atomic E-state index is 13.0. The van der Waals surface area contributed by atoms with Crippen molar-refractivity contribution in [1.82, 2.24) is 9.55 Å². The van der Waals surface area contributed by atoms with Gasteiger partial charge in [-0.05, 0) is 42.5 Å². The molecule has 0 aliphatic heterocycles. The Morgan fingerprint density at radius 3 is 2.79 bits per heavy atom. The topological polar surface area (TPSA) is 64.0 Å². The second kappa shape index (κ2) is 8.14. The van der Waals surface area contributed by atoms with Gasteiger partial charge in [-0.25, -0.2) is 4.98 Å². The third kappa shape index (κ3) is 3.88. The first-order valence-corrected chi connectivity index (χ1v) is 11.7. The Balaban J connectivity index is 1.56. The lowest BCUT2D eigenvalue weighted by atomic mass is 10.1. The van der Waals surface area contributed by atoms with Crippen LogP contribution in [0.3, 0.4) is 0 Å². The third-order valence-corrected chi connectivity index (χ3v) is 7.58. The second-order valence-corrected chi connectivity index (χ2v) is 9.40. The van der Waals surface area contributed by atoms with E-state index < -0.39 is 0 Å². The number of hydrogen-bond donors (Lipinski definition) is 1. The third-order valence-electron chi connectivity index (χ3n) is 4.77. The van der Waals surface area contributed by atoms with Crippen LogP contribution in [-0.2, 0) is 11.8 Å². The van der Waals surface area contributed by atoms with E-state index in [4.69, 9.17) is 0 Å². The summed E-state index contributed by atoms with van der Waals surface area (Å²) >= 11 is 4.33. The number of amides is 1. The summed E-state index contributed by atoms with van der Waals surface area (Å²) in [5.74, 6) is 0.0611. The predicted octanol–water partition coefficient (Wildman–Crippen LogP) is 5.07. The Hall–Kier alpha value is -2.42. The zero-order valence-corrected chi connectivity index (χ0v) is 18.6. The molecule has 0 bridgehead atoms. The van der Waals surface area contributed by atoms with Gasteiger partial charge < -0.3 is 5.32 Å². The zero-order chi connectivity index (χ0) is 20.5. The highest BCUT2D eigenvalue weighted by Crippen LogP contribution is 2.34. The van der Waals surface area contributed by atoms with E-state index in [0.29, 0.717) is 15.4 Å². The van der Waals surface area contributed by atoms with Crippen LogP contribution in [0.4, 0.5) is 5.69 Å². The van der Waals surface area contributed by atoms with Crippen LogP contribution in [-0.4, -0.2) is 21.2 Å². The molecule has 4 rings (SSSR count). The summed E-state index contributed by atoms with van der Waals surface area (Å²) in [6.07, 6.45) is 0. The molecule has 0 saturated heterocycles. The Morgan fingerprint density at radius 1 is 1.21 bits per heavy atom. The van der Waals surface area contributed by atoms with Crippen molar-refractivity contribution in [2.24, 2.45) is 7.05 Å². The van der Waals surface area contributed by atoms with Crippen LogP contribution in [0.5, 0.6) is 0 Å². The average molecular weight is 442 g/mol. The van der Waals surface area contributed by atoms with Crippen molar-refractivity contribution < 1.29 is 4.79 Å². The lowest BCUT2D eigenvalue weighted by molar-refractivity contribution is -0.113. The van der Waals surface area contributed by atoms with Crippen molar-refractivity contribution >= 4 is 56.2 Å². The van der Waals surface area contributed by atoms with Gasteiger partial charge in [0.25, 0.3) is 5.56 Å². The van der Waals surface area contributed by atoms with E-state index in [1.807, 2.05) is 54.9 Å². The fourth-order valence-electron chi connectivity index (χ4n) is 3.00. The van der Waals surface area contributed by atoms with E-state index in [2.05, 4.69) is 10.3 Å². The number of fused-ring (bicyclic) bond motifs is 1. The smallest absolute Gasteiger partial charge is 0.263 e. The highest BCUT2D eigenvalue weighted by molar-refractivity contribution is 7.99. The molecule has 1 amide bonds. The molecule has 0 aliphatic carbocycles. The first-order valence-electron chi connectivity index (χ1n) is 8.96. The van der Waals surface area contributed by atoms with Gasteiger partial charge in [0, 0.05) is 28.6 Å². The Bertz CT molecular complexity index is 1260. The Kier molecular flexibility index (Phi) is 5.58. The van der Waals surface area contributed by atoms with Crippen molar-refractivity contribution in [2.45, 2.75) is 19.0 Å². The molecule has 148 valence electrons. The average Bonchev–Trinajstić information content (AvgIpc) is 3.36. The molecule has 1 N–H and O–H groups in total. The van der Waals surface area contributed by atoms with Crippen LogP contribution in [0, 0.1) is 13.8 Å². The lowest BCUT2D eigenvalue weighted by Gasteiger charge is -2.11. The fourth-order valence-corrected chi connectivity index (χ4v) is 5.57. The zero-order valence-electron chi connectivity index (χ0n) is 16.2. The quantitative estimate of drug-likeness (QED) is 0.347. The van der Waals surface area contributed by atoms with Gasteiger partial charge in [0.1, 0.15) is 4.83 Å². The van der Waals surface area contributed by atoms with E-state index in [0.717, 1.165) is 27.3 Å². The largest absolute Gasteiger partial charge is 0.325 e. The van der Waals surface area contributed by atoms with Gasteiger partial charge in [-0.15, -0.1) is 22.7 Å². The standard InChI is InChI=1S/C21H19N3O2S3/c1-12-6-4-7-15(13(12)2)22-17(25)11-29-21-23-19-18(20(26)24(21)3)14(10-28-19)16-8-5-9-27-16/h4-10H,11H2,1-3H3,(H,22,25). The number of aromatic nitrogens is 2. The Labute approximate surface area is 180 Å². The minimum Gasteiger partial charge on any atom is -0.325 e. The maximum Gasteiger partial charge on any atom is 0.263 e. The highest BCUT2D eigenvalue weighted by Gasteiger charge is 2.17. The summed E-state index contributed by atoms with van der Waals surface area (Å²) in [6.45, 7) is 4.00. The molecule has 0 atom stereocenters. The number of rotatable bonds is 5. The van der Waals surface area contributed by atoms with Crippen molar-refractivity contribution in [2.75, 3.05) is 11.1 Å². The van der Waals surface area contributed by atoms with E-state index in [-0.39, 0.29) is 17.2 Å². The highest BCUT2D eigenvalue weighted by atomic mass is 32.2. The summed E-state index contributed by atoms with van der Waals surface area (Å²) in [7, 11) is 1.70. The molecule has 0 fully saturated rings. The van der Waals surface area contributed by atoms with E-state index in [1.165, 1.54) is 27.7 Å². The fraction of sp³-hybridized carbons (Fsp3) is 0.190. The minimum atomic E-state index is -0.122. The van der Waals surface area contributed by atoms with Crippen LogP contribution in [0.1, 0.15) is 11.1 Å². The Morgan fingerprint density at radius 2 is 2.03 bits per heavy atom. The van der Waals surface area contributed by atoms with E-state index in [1.54, 1.807) is 18.4 Å². The monoisotopic (exact) mass is 441 g/mol. The summed E-state index contributed by atoms with van der Waals surface area (Å²) in [5.41, 5.74) is 3.84. The normalized spacial score (nSPS) is 11.1. The van der Waals surface area contributed by atoms with Crippen molar-refractivity contribution in [1.29, 1.82) is 0 Å². The van der Waals surface area contributed by atoms with Crippen molar-refractivity contribution in [3.63, 3.8) is 0 Å². The van der Waals surface area contributed by atoms with Crippen molar-refractivity contribution in [3.05, 3.63) is 62.6 Å². The summed E-state index contributed by atoms with van der Waals surface area (Å²) in [5, 5.41) is 8.10. The molecule has 0 radical (unpaired) electrons. The van der Waals surface area contributed by atoms with Crippen LogP contribution in [0.2, 0.25) is 0 Å². The number of thioether (sulfide) groups is 1. The van der Waals surface area contributed by atoms with Crippen LogP contribution < -0.4 is 10.9 Å². The predicted molar refractivity (Wildman–Crippen MR) is 123 cm³/mol.